The number of nitrogens with one attached hydrogen (secondary N) is 1. The van der Waals surface area contributed by atoms with E-state index in [1.807, 2.05) is 71.4 Å². The molecule has 0 bridgehead atoms. The molecule has 1 N–H and O–H groups in total. The van der Waals surface area contributed by atoms with Crippen LogP contribution in [0, 0.1) is 0 Å². The standard InChI is InChI=1S/C24H16Cl2N4O/c25-16-10-8-14(9-11-16)22-20-21(29-24-27-13-28-30(22)24)18-6-1-2-7-19(18)31-23(20)15-4-3-5-17(26)12-15/h1-13,22-23H,(H,27,28,29)/t22-,23-/m0/s1. The van der Waals surface area contributed by atoms with Crippen LogP contribution in [-0.4, -0.2) is 14.8 Å². The SMILES string of the molecule is Clc1ccc([C@H]2C3=C(Nc4ncnn42)c2ccccc2O[C@H]3c2cccc(Cl)c2)cc1. The molecule has 2 aliphatic rings. The van der Waals surface area contributed by atoms with Crippen molar-refractivity contribution in [1.82, 2.24) is 14.8 Å². The zero-order valence-electron chi connectivity index (χ0n) is 16.2. The molecule has 0 aliphatic carbocycles. The molecule has 1 aromatic heterocycles. The normalized spacial score (nSPS) is 19.0. The maximum Gasteiger partial charge on any atom is 0.226 e. The monoisotopic (exact) mass is 446 g/mol. The fourth-order valence-corrected chi connectivity index (χ4v) is 4.65. The molecule has 4 aromatic rings. The Morgan fingerprint density at radius 2 is 1.71 bits per heavy atom. The number of halogens is 2. The summed E-state index contributed by atoms with van der Waals surface area (Å²) in [6, 6.07) is 23.4. The Hall–Kier alpha value is -3.28. The molecular weight excluding hydrogens is 431 g/mol. The van der Waals surface area contributed by atoms with Gasteiger partial charge in [-0.3, -0.25) is 0 Å². The fourth-order valence-electron chi connectivity index (χ4n) is 4.33. The Bertz CT molecular complexity index is 1330. The fraction of sp³-hybridized carbons (Fsp3) is 0.0833. The molecule has 2 aliphatic heterocycles. The molecule has 0 fully saturated rings. The van der Waals surface area contributed by atoms with Crippen LogP contribution in [0.4, 0.5) is 5.95 Å². The smallest absolute Gasteiger partial charge is 0.226 e. The first-order valence-corrected chi connectivity index (χ1v) is 10.6. The van der Waals surface area contributed by atoms with Gasteiger partial charge in [0.1, 0.15) is 24.2 Å². The zero-order valence-corrected chi connectivity index (χ0v) is 17.7. The van der Waals surface area contributed by atoms with Gasteiger partial charge in [-0.1, -0.05) is 59.6 Å². The first-order chi connectivity index (χ1) is 15.2. The Morgan fingerprint density at radius 3 is 2.55 bits per heavy atom. The third kappa shape index (κ3) is 3.00. The van der Waals surface area contributed by atoms with Crippen molar-refractivity contribution in [3.63, 3.8) is 0 Å². The quantitative estimate of drug-likeness (QED) is 0.401. The van der Waals surface area contributed by atoms with E-state index in [2.05, 4.69) is 21.5 Å². The third-order valence-electron chi connectivity index (χ3n) is 5.66. The largest absolute Gasteiger partial charge is 0.480 e. The molecule has 0 saturated carbocycles. The summed E-state index contributed by atoms with van der Waals surface area (Å²) in [5.74, 6) is 1.49. The molecule has 2 atom stereocenters. The van der Waals surface area contributed by atoms with Crippen molar-refractivity contribution in [2.75, 3.05) is 5.32 Å². The minimum absolute atomic E-state index is 0.219. The highest BCUT2D eigenvalue weighted by Crippen LogP contribution is 2.50. The Kier molecular flexibility index (Phi) is 4.26. The van der Waals surface area contributed by atoms with Crippen LogP contribution in [0.3, 0.4) is 0 Å². The van der Waals surface area contributed by atoms with Crippen LogP contribution in [0.25, 0.3) is 5.70 Å². The second-order valence-corrected chi connectivity index (χ2v) is 8.36. The molecular formula is C24H16Cl2N4O. The van der Waals surface area contributed by atoms with Gasteiger partial charge >= 0.3 is 0 Å². The van der Waals surface area contributed by atoms with E-state index in [4.69, 9.17) is 27.9 Å². The predicted molar refractivity (Wildman–Crippen MR) is 121 cm³/mol. The number of aromatic nitrogens is 3. The van der Waals surface area contributed by atoms with E-state index < -0.39 is 0 Å². The summed E-state index contributed by atoms with van der Waals surface area (Å²) in [7, 11) is 0. The average Bonchev–Trinajstić information content (AvgIpc) is 3.26. The summed E-state index contributed by atoms with van der Waals surface area (Å²) in [5, 5.41) is 9.36. The highest BCUT2D eigenvalue weighted by molar-refractivity contribution is 6.30. The van der Waals surface area contributed by atoms with Gasteiger partial charge in [-0.25, -0.2) is 4.68 Å². The number of nitrogens with zero attached hydrogens (tertiary/aromatic N) is 3. The molecule has 31 heavy (non-hydrogen) atoms. The topological polar surface area (TPSA) is 52.0 Å². The Morgan fingerprint density at radius 1 is 0.871 bits per heavy atom. The summed E-state index contributed by atoms with van der Waals surface area (Å²) in [6.07, 6.45) is 1.21. The number of anilines is 1. The number of rotatable bonds is 2. The first-order valence-electron chi connectivity index (χ1n) is 9.86. The minimum Gasteiger partial charge on any atom is -0.480 e. The van der Waals surface area contributed by atoms with Gasteiger partial charge in [0.05, 0.1) is 5.70 Å². The summed E-state index contributed by atoms with van der Waals surface area (Å²) < 4.78 is 8.45. The lowest BCUT2D eigenvalue weighted by Crippen LogP contribution is -2.32. The summed E-state index contributed by atoms with van der Waals surface area (Å²) >= 11 is 12.5. The lowest BCUT2D eigenvalue weighted by atomic mass is 9.84. The van der Waals surface area contributed by atoms with Crippen LogP contribution in [-0.2, 0) is 0 Å². The number of benzene rings is 3. The van der Waals surface area contributed by atoms with Gasteiger partial charge in [0.25, 0.3) is 0 Å². The molecule has 0 spiro atoms. The molecule has 3 heterocycles. The predicted octanol–water partition coefficient (Wildman–Crippen LogP) is 6.14. The molecule has 6 rings (SSSR count). The van der Waals surface area contributed by atoms with E-state index in [9.17, 15) is 0 Å². The van der Waals surface area contributed by atoms with Gasteiger partial charge in [-0.2, -0.15) is 10.1 Å². The van der Waals surface area contributed by atoms with Gasteiger partial charge in [-0.15, -0.1) is 0 Å². The maximum absolute atomic E-state index is 6.57. The van der Waals surface area contributed by atoms with Crippen molar-refractivity contribution >= 4 is 34.8 Å². The molecule has 0 unspecified atom stereocenters. The van der Waals surface area contributed by atoms with E-state index in [-0.39, 0.29) is 12.1 Å². The number of hydrogen-bond acceptors (Lipinski definition) is 4. The van der Waals surface area contributed by atoms with Gasteiger partial charge in [-0.05, 0) is 47.5 Å². The molecule has 152 valence electrons. The van der Waals surface area contributed by atoms with Gasteiger partial charge in [0.15, 0.2) is 0 Å². The molecule has 0 amide bonds. The molecule has 0 radical (unpaired) electrons. The van der Waals surface area contributed by atoms with Crippen molar-refractivity contribution < 1.29 is 4.74 Å². The van der Waals surface area contributed by atoms with Crippen LogP contribution >= 0.6 is 23.2 Å². The van der Waals surface area contributed by atoms with Gasteiger partial charge in [0.2, 0.25) is 5.95 Å². The maximum atomic E-state index is 6.57. The van der Waals surface area contributed by atoms with Gasteiger partial charge < -0.3 is 10.1 Å². The molecule has 3 aromatic carbocycles. The lowest BCUT2D eigenvalue weighted by molar-refractivity contribution is 0.223. The summed E-state index contributed by atoms with van der Waals surface area (Å²) in [5.41, 5.74) is 5.02. The van der Waals surface area contributed by atoms with Crippen molar-refractivity contribution in [2.45, 2.75) is 12.1 Å². The van der Waals surface area contributed by atoms with E-state index in [0.717, 1.165) is 33.7 Å². The van der Waals surface area contributed by atoms with E-state index in [1.165, 1.54) is 0 Å². The second kappa shape index (κ2) is 7.15. The molecule has 7 heteroatoms. The summed E-state index contributed by atoms with van der Waals surface area (Å²) in [6.45, 7) is 0. The minimum atomic E-state index is -0.353. The number of para-hydroxylation sites is 1. The van der Waals surface area contributed by atoms with E-state index in [0.29, 0.717) is 16.0 Å². The van der Waals surface area contributed by atoms with Crippen LogP contribution < -0.4 is 10.1 Å². The van der Waals surface area contributed by atoms with E-state index in [1.54, 1.807) is 6.33 Å². The van der Waals surface area contributed by atoms with Crippen molar-refractivity contribution in [3.05, 3.63) is 111 Å². The van der Waals surface area contributed by atoms with Crippen LogP contribution in [0.5, 0.6) is 5.75 Å². The van der Waals surface area contributed by atoms with Crippen LogP contribution in [0.2, 0.25) is 10.0 Å². The second-order valence-electron chi connectivity index (χ2n) is 7.49. The zero-order chi connectivity index (χ0) is 20.9. The Balaban J connectivity index is 1.63. The van der Waals surface area contributed by atoms with Crippen molar-refractivity contribution in [1.29, 1.82) is 0 Å². The molecule has 5 nitrogen and oxygen atoms in total. The van der Waals surface area contributed by atoms with E-state index >= 15 is 0 Å². The van der Waals surface area contributed by atoms with Crippen LogP contribution in [0.15, 0.2) is 84.7 Å². The lowest BCUT2D eigenvalue weighted by Gasteiger charge is -2.39. The first kappa shape index (κ1) is 18.5. The third-order valence-corrected chi connectivity index (χ3v) is 6.15. The molecule has 0 saturated heterocycles. The number of ether oxygens (including phenoxy) is 1. The summed E-state index contributed by atoms with van der Waals surface area (Å²) in [4.78, 5) is 4.44. The van der Waals surface area contributed by atoms with Crippen LogP contribution in [0.1, 0.15) is 28.8 Å². The van der Waals surface area contributed by atoms with Crippen molar-refractivity contribution in [2.24, 2.45) is 0 Å². The van der Waals surface area contributed by atoms with Gasteiger partial charge in [0, 0.05) is 21.2 Å². The highest BCUT2D eigenvalue weighted by atomic mass is 35.5. The van der Waals surface area contributed by atoms with Crippen molar-refractivity contribution in [3.8, 4) is 5.75 Å². The number of hydrogen-bond donors (Lipinski definition) is 1. The average molecular weight is 447 g/mol. The number of fused-ring (bicyclic) bond motifs is 3. The highest BCUT2D eigenvalue weighted by Gasteiger charge is 2.40. The Labute approximate surface area is 188 Å².